The molecule has 4 rings (SSSR count). The van der Waals surface area contributed by atoms with E-state index in [2.05, 4.69) is 0 Å². The molecule has 0 N–H and O–H groups in total. The zero-order valence-corrected chi connectivity index (χ0v) is 17.2. The summed E-state index contributed by atoms with van der Waals surface area (Å²) in [5, 5.41) is 1.20. The van der Waals surface area contributed by atoms with Crippen LogP contribution in [-0.4, -0.2) is 17.9 Å². The summed E-state index contributed by atoms with van der Waals surface area (Å²) in [7, 11) is 0. The highest BCUT2D eigenvalue weighted by molar-refractivity contribution is 6.31. The molecule has 2 amide bonds. The van der Waals surface area contributed by atoms with Crippen LogP contribution in [-0.2, 0) is 11.3 Å². The third-order valence-corrected chi connectivity index (χ3v) is 5.51. The van der Waals surface area contributed by atoms with Crippen molar-refractivity contribution in [2.75, 3.05) is 9.80 Å². The van der Waals surface area contributed by atoms with E-state index >= 15 is 0 Å². The Morgan fingerprint density at radius 2 is 1.41 bits per heavy atom. The van der Waals surface area contributed by atoms with Crippen LogP contribution in [0.25, 0.3) is 0 Å². The van der Waals surface area contributed by atoms with E-state index in [4.69, 9.17) is 23.2 Å². The first kappa shape index (κ1) is 19.5. The number of hydrogen-bond acceptors (Lipinski definition) is 2. The second-order valence-electron chi connectivity index (χ2n) is 6.90. The number of benzene rings is 3. The maximum atomic E-state index is 13.2. The van der Waals surface area contributed by atoms with E-state index < -0.39 is 6.04 Å². The minimum Gasteiger partial charge on any atom is -0.304 e. The Morgan fingerprint density at radius 1 is 0.862 bits per heavy atom. The lowest BCUT2D eigenvalue weighted by atomic mass is 10.0. The molecule has 1 aliphatic rings. The number of halogens is 2. The van der Waals surface area contributed by atoms with E-state index in [1.807, 2.05) is 36.4 Å². The molecule has 29 heavy (non-hydrogen) atoms. The maximum Gasteiger partial charge on any atom is 0.259 e. The van der Waals surface area contributed by atoms with Gasteiger partial charge in [0.1, 0.15) is 6.04 Å². The molecule has 6 heteroatoms. The molecule has 0 bridgehead atoms. The Labute approximate surface area is 179 Å². The number of hydrogen-bond donors (Lipinski definition) is 0. The number of rotatable bonds is 3. The average Bonchev–Trinajstić information content (AvgIpc) is 2.73. The van der Waals surface area contributed by atoms with Gasteiger partial charge in [-0.3, -0.25) is 14.5 Å². The summed E-state index contributed by atoms with van der Waals surface area (Å²) in [5.74, 6) is -0.373. The highest BCUT2D eigenvalue weighted by Gasteiger charge is 2.38. The normalized spacial score (nSPS) is 16.0. The van der Waals surface area contributed by atoms with Crippen molar-refractivity contribution < 1.29 is 9.59 Å². The van der Waals surface area contributed by atoms with Crippen molar-refractivity contribution in [2.24, 2.45) is 0 Å². The standard InChI is InChI=1S/C23H18Cl2N2O2/c1-15-22(28)26(14-16-6-10-18(24)11-7-16)20-4-2-3-5-21(20)27(15)23(29)17-8-12-19(25)13-9-17/h2-13,15H,14H2,1H3/t15-/m1/s1. The van der Waals surface area contributed by atoms with Crippen LogP contribution in [0.2, 0.25) is 10.0 Å². The van der Waals surface area contributed by atoms with Gasteiger partial charge >= 0.3 is 0 Å². The number of anilines is 2. The fourth-order valence-electron chi connectivity index (χ4n) is 3.51. The van der Waals surface area contributed by atoms with E-state index in [1.54, 1.807) is 53.1 Å². The summed E-state index contributed by atoms with van der Waals surface area (Å²) in [6.07, 6.45) is 0. The Morgan fingerprint density at radius 3 is 2.03 bits per heavy atom. The van der Waals surface area contributed by atoms with Crippen LogP contribution in [0.15, 0.2) is 72.8 Å². The topological polar surface area (TPSA) is 40.6 Å². The molecule has 0 fully saturated rings. The quantitative estimate of drug-likeness (QED) is 0.550. The first-order valence-corrected chi connectivity index (χ1v) is 9.95. The Bertz CT molecular complexity index is 1060. The predicted octanol–water partition coefficient (Wildman–Crippen LogP) is 5.58. The smallest absolute Gasteiger partial charge is 0.259 e. The molecule has 0 unspecified atom stereocenters. The summed E-state index contributed by atoms with van der Waals surface area (Å²) < 4.78 is 0. The molecule has 0 aromatic heterocycles. The largest absolute Gasteiger partial charge is 0.304 e. The summed E-state index contributed by atoms with van der Waals surface area (Å²) in [5.41, 5.74) is 2.85. The molecule has 3 aromatic carbocycles. The Kier molecular flexibility index (Phi) is 5.31. The third kappa shape index (κ3) is 3.74. The minimum absolute atomic E-state index is 0.138. The highest BCUT2D eigenvalue weighted by Crippen LogP contribution is 2.37. The lowest BCUT2D eigenvalue weighted by molar-refractivity contribution is -0.119. The monoisotopic (exact) mass is 424 g/mol. The van der Waals surface area contributed by atoms with Crippen molar-refractivity contribution >= 4 is 46.4 Å². The van der Waals surface area contributed by atoms with Gasteiger partial charge < -0.3 is 4.90 Å². The molecule has 0 radical (unpaired) electrons. The molecule has 1 aliphatic heterocycles. The zero-order chi connectivity index (χ0) is 20.5. The molecule has 146 valence electrons. The summed E-state index contributed by atoms with van der Waals surface area (Å²) >= 11 is 11.9. The second-order valence-corrected chi connectivity index (χ2v) is 7.77. The van der Waals surface area contributed by atoms with Crippen LogP contribution in [0.4, 0.5) is 11.4 Å². The van der Waals surface area contributed by atoms with Crippen molar-refractivity contribution in [1.82, 2.24) is 0 Å². The first-order valence-electron chi connectivity index (χ1n) is 9.19. The summed E-state index contributed by atoms with van der Waals surface area (Å²) in [6, 6.07) is 20.9. The number of para-hydroxylation sites is 2. The lowest BCUT2D eigenvalue weighted by Crippen LogP contribution is -2.54. The number of nitrogens with zero attached hydrogens (tertiary/aromatic N) is 2. The van der Waals surface area contributed by atoms with Crippen LogP contribution in [0.5, 0.6) is 0 Å². The molecule has 0 saturated carbocycles. The van der Waals surface area contributed by atoms with Crippen molar-refractivity contribution in [1.29, 1.82) is 0 Å². The van der Waals surface area contributed by atoms with Crippen molar-refractivity contribution in [2.45, 2.75) is 19.5 Å². The molecule has 0 aliphatic carbocycles. The van der Waals surface area contributed by atoms with Gasteiger partial charge in [-0.1, -0.05) is 47.5 Å². The highest BCUT2D eigenvalue weighted by atomic mass is 35.5. The van der Waals surface area contributed by atoms with E-state index in [-0.39, 0.29) is 11.8 Å². The van der Waals surface area contributed by atoms with Gasteiger partial charge in [-0.05, 0) is 61.0 Å². The third-order valence-electron chi connectivity index (χ3n) is 5.01. The van der Waals surface area contributed by atoms with E-state index in [0.29, 0.717) is 33.5 Å². The van der Waals surface area contributed by atoms with E-state index in [0.717, 1.165) is 5.56 Å². The molecular formula is C23H18Cl2N2O2. The second kappa shape index (κ2) is 7.90. The minimum atomic E-state index is -0.639. The number of amides is 2. The summed E-state index contributed by atoms with van der Waals surface area (Å²) in [6.45, 7) is 2.15. The van der Waals surface area contributed by atoms with Crippen LogP contribution in [0, 0.1) is 0 Å². The van der Waals surface area contributed by atoms with Gasteiger partial charge in [-0.25, -0.2) is 0 Å². The van der Waals surface area contributed by atoms with Gasteiger partial charge in [-0.2, -0.15) is 0 Å². The van der Waals surface area contributed by atoms with Crippen molar-refractivity contribution in [3.63, 3.8) is 0 Å². The molecule has 0 saturated heterocycles. The molecule has 3 aromatic rings. The van der Waals surface area contributed by atoms with Crippen LogP contribution in [0.3, 0.4) is 0 Å². The SMILES string of the molecule is C[C@@H]1C(=O)N(Cc2ccc(Cl)cc2)c2ccccc2N1C(=O)c1ccc(Cl)cc1. The molecule has 0 spiro atoms. The number of fused-ring (bicyclic) bond motifs is 1. The fraction of sp³-hybridized carbons (Fsp3) is 0.130. The predicted molar refractivity (Wildman–Crippen MR) is 117 cm³/mol. The van der Waals surface area contributed by atoms with Crippen molar-refractivity contribution in [3.05, 3.63) is 94.0 Å². The lowest BCUT2D eigenvalue weighted by Gasteiger charge is -2.40. The zero-order valence-electron chi connectivity index (χ0n) is 15.7. The van der Waals surface area contributed by atoms with Gasteiger partial charge in [-0.15, -0.1) is 0 Å². The first-order chi connectivity index (χ1) is 14.0. The van der Waals surface area contributed by atoms with Gasteiger partial charge in [0.2, 0.25) is 5.91 Å². The Hall–Kier alpha value is -2.82. The van der Waals surface area contributed by atoms with Gasteiger partial charge in [0.05, 0.1) is 17.9 Å². The average molecular weight is 425 g/mol. The molecule has 1 atom stereocenters. The molecule has 1 heterocycles. The van der Waals surface area contributed by atoms with Crippen LogP contribution in [0.1, 0.15) is 22.8 Å². The number of carbonyl (C=O) groups excluding carboxylic acids is 2. The summed E-state index contributed by atoms with van der Waals surface area (Å²) in [4.78, 5) is 29.7. The Balaban J connectivity index is 1.73. The molecular weight excluding hydrogens is 407 g/mol. The fourth-order valence-corrected chi connectivity index (χ4v) is 3.76. The number of carbonyl (C=O) groups is 2. The van der Waals surface area contributed by atoms with Crippen LogP contribution < -0.4 is 9.80 Å². The van der Waals surface area contributed by atoms with Crippen molar-refractivity contribution in [3.8, 4) is 0 Å². The van der Waals surface area contributed by atoms with Crippen LogP contribution >= 0.6 is 23.2 Å². The van der Waals surface area contributed by atoms with E-state index in [1.165, 1.54) is 0 Å². The van der Waals surface area contributed by atoms with Gasteiger partial charge in [0, 0.05) is 15.6 Å². The molecule has 4 nitrogen and oxygen atoms in total. The maximum absolute atomic E-state index is 13.2. The van der Waals surface area contributed by atoms with Gasteiger partial charge in [0.15, 0.2) is 0 Å². The van der Waals surface area contributed by atoms with Gasteiger partial charge in [0.25, 0.3) is 5.91 Å². The van der Waals surface area contributed by atoms with E-state index in [9.17, 15) is 9.59 Å².